The first-order valence-electron chi connectivity index (χ1n) is 15.0. The number of unbranched alkanes of at least 4 members (excludes halogenated alkanes) is 1. The lowest BCUT2D eigenvalue weighted by molar-refractivity contribution is -0.165. The van der Waals surface area contributed by atoms with Crippen LogP contribution in [0.1, 0.15) is 100 Å². The molecule has 0 spiro atoms. The summed E-state index contributed by atoms with van der Waals surface area (Å²) in [6.45, 7) is 7.22. The molecular formula is C31H46NO5S2+. The molecule has 1 fully saturated rings. The van der Waals surface area contributed by atoms with Gasteiger partial charge in [-0.1, -0.05) is 64.6 Å². The van der Waals surface area contributed by atoms with E-state index in [1.165, 1.54) is 24.1 Å². The smallest absolute Gasteiger partial charge is 0.306 e. The molecule has 2 aliphatic heterocycles. The molecule has 39 heavy (non-hydrogen) atoms. The Labute approximate surface area is 241 Å². The lowest BCUT2D eigenvalue weighted by Gasteiger charge is -2.34. The van der Waals surface area contributed by atoms with Crippen LogP contribution in [0.3, 0.4) is 0 Å². The molecule has 0 radical (unpaired) electrons. The summed E-state index contributed by atoms with van der Waals surface area (Å²) < 4.78 is 18.6. The topological polar surface area (TPSA) is 82.9 Å². The predicted octanol–water partition coefficient (Wildman–Crippen LogP) is 7.19. The average Bonchev–Trinajstić information content (AvgIpc) is 3.60. The van der Waals surface area contributed by atoms with Gasteiger partial charge in [0.2, 0.25) is 0 Å². The van der Waals surface area contributed by atoms with E-state index >= 15 is 0 Å². The normalized spacial score (nSPS) is 28.6. The van der Waals surface area contributed by atoms with E-state index in [4.69, 9.17) is 19.3 Å². The Bertz CT molecular complexity index is 1060. The minimum absolute atomic E-state index is 0.0159. The Kier molecular flexibility index (Phi) is 10.0. The molecule has 2 aliphatic carbocycles. The van der Waals surface area contributed by atoms with Crippen molar-refractivity contribution in [3.8, 4) is 5.75 Å². The number of hydrogen-bond donors (Lipinski definition) is 2. The van der Waals surface area contributed by atoms with Crippen LogP contribution in [0.4, 0.5) is 0 Å². The summed E-state index contributed by atoms with van der Waals surface area (Å²) in [5.41, 5.74) is 0.987. The van der Waals surface area contributed by atoms with Crippen molar-refractivity contribution in [1.82, 2.24) is 5.32 Å². The number of rotatable bonds is 12. The summed E-state index contributed by atoms with van der Waals surface area (Å²) in [6.07, 6.45) is 15.1. The Morgan fingerprint density at radius 2 is 2.03 bits per heavy atom. The highest BCUT2D eigenvalue weighted by molar-refractivity contribution is 8.03. The van der Waals surface area contributed by atoms with E-state index in [1.807, 2.05) is 6.08 Å². The lowest BCUT2D eigenvalue weighted by atomic mass is 9.80. The van der Waals surface area contributed by atoms with Gasteiger partial charge in [0, 0.05) is 17.2 Å². The van der Waals surface area contributed by atoms with Gasteiger partial charge in [-0.05, 0) is 55.9 Å². The number of nitrogens with one attached hydrogen (secondary N) is 1. The second kappa shape index (κ2) is 13.5. The van der Waals surface area contributed by atoms with E-state index in [2.05, 4.69) is 44.3 Å². The van der Waals surface area contributed by atoms with Crippen molar-refractivity contribution in [2.24, 2.45) is 17.8 Å². The van der Waals surface area contributed by atoms with Gasteiger partial charge in [-0.15, -0.1) is 11.3 Å². The van der Waals surface area contributed by atoms with E-state index < -0.39 is 12.6 Å². The molecule has 1 aromatic rings. The fourth-order valence-electron chi connectivity index (χ4n) is 6.11. The second-order valence-corrected chi connectivity index (χ2v) is 13.6. The summed E-state index contributed by atoms with van der Waals surface area (Å²) in [7, 11) is 0. The lowest BCUT2D eigenvalue weighted by Crippen LogP contribution is -2.36. The zero-order chi connectivity index (χ0) is 27.4. The van der Waals surface area contributed by atoms with Gasteiger partial charge in [0.25, 0.3) is 0 Å². The van der Waals surface area contributed by atoms with E-state index in [0.29, 0.717) is 13.0 Å². The third kappa shape index (κ3) is 6.72. The minimum Gasteiger partial charge on any atom is -0.488 e. The first-order chi connectivity index (χ1) is 19.0. The Morgan fingerprint density at radius 1 is 1.21 bits per heavy atom. The van der Waals surface area contributed by atoms with Gasteiger partial charge >= 0.3 is 6.29 Å². The van der Waals surface area contributed by atoms with Crippen LogP contribution in [0, 0.1) is 17.8 Å². The van der Waals surface area contributed by atoms with Gasteiger partial charge in [0.05, 0.1) is 21.4 Å². The first-order valence-corrected chi connectivity index (χ1v) is 16.7. The summed E-state index contributed by atoms with van der Waals surface area (Å²) in [5, 5.41) is 23.7. The summed E-state index contributed by atoms with van der Waals surface area (Å²) >= 11 is 3.47. The molecule has 5 atom stereocenters. The quantitative estimate of drug-likeness (QED) is 0.202. The first kappa shape index (κ1) is 29.1. The Morgan fingerprint density at radius 3 is 2.74 bits per heavy atom. The van der Waals surface area contributed by atoms with Crippen molar-refractivity contribution >= 4 is 29.2 Å². The molecule has 0 saturated heterocycles. The van der Waals surface area contributed by atoms with E-state index in [-0.39, 0.29) is 23.3 Å². The maximum atomic E-state index is 11.1. The molecule has 216 valence electrons. The molecule has 1 saturated carbocycles. The molecule has 3 heterocycles. The largest absolute Gasteiger partial charge is 0.488 e. The molecule has 0 aromatic carbocycles. The number of hydrogen-bond acceptors (Lipinski definition) is 7. The monoisotopic (exact) mass is 576 g/mol. The van der Waals surface area contributed by atoms with E-state index in [0.717, 1.165) is 71.4 Å². The van der Waals surface area contributed by atoms with Crippen molar-refractivity contribution in [3.63, 3.8) is 0 Å². The fourth-order valence-corrected chi connectivity index (χ4v) is 8.54. The maximum absolute atomic E-state index is 11.1. The standard InChI is InChI=1S/C31H45NO5S2/c1-4-7-9-20(6-3)30(33)37-23-16-15-22(36-31(34)21-13-11-19(5-2)12-14-21)27-28(23)39-29(32-27)26-18-24-25(38-26)10-8-17-35-24/h8,10,16,18-22,29-34H,4-7,9,11-15,17H2,1-3H3/p+1. The Hall–Kier alpha value is -1.45. The van der Waals surface area contributed by atoms with Crippen LogP contribution in [0.15, 0.2) is 34.6 Å². The summed E-state index contributed by atoms with van der Waals surface area (Å²) in [5.74, 6) is 2.92. The number of ether oxygens (including phenoxy) is 3. The molecule has 8 heteroatoms. The van der Waals surface area contributed by atoms with Crippen molar-refractivity contribution in [2.75, 3.05) is 6.61 Å². The van der Waals surface area contributed by atoms with Crippen LogP contribution in [-0.4, -0.2) is 35.5 Å². The van der Waals surface area contributed by atoms with Crippen LogP contribution < -0.4 is 10.1 Å². The molecule has 4 N–H and O–H groups in total. The number of aliphatic hydroxyl groups is 1. The van der Waals surface area contributed by atoms with Gasteiger partial charge in [-0.25, -0.2) is 0 Å². The molecule has 0 bridgehead atoms. The van der Waals surface area contributed by atoms with Crippen LogP contribution in [-0.2, 0) is 9.47 Å². The predicted molar refractivity (Wildman–Crippen MR) is 160 cm³/mol. The maximum Gasteiger partial charge on any atom is 0.306 e. The fraction of sp³-hybridized carbons (Fsp3) is 0.677. The zero-order valence-corrected chi connectivity index (χ0v) is 25.3. The van der Waals surface area contributed by atoms with Crippen molar-refractivity contribution < 1.29 is 24.4 Å². The van der Waals surface area contributed by atoms with Gasteiger partial charge in [0.1, 0.15) is 29.6 Å². The third-order valence-electron chi connectivity index (χ3n) is 8.75. The summed E-state index contributed by atoms with van der Waals surface area (Å²) in [4.78, 5) is 3.36. The van der Waals surface area contributed by atoms with Crippen LogP contribution in [0.2, 0.25) is 0 Å². The SMILES string of the molecule is CCCCC(CC)C([OH2+])OC1=CCC(OC(O)C2CCC(CC)CC2)C2=C1SC(c1cc3c(s1)C=CCO3)N2. The van der Waals surface area contributed by atoms with Crippen molar-refractivity contribution in [2.45, 2.75) is 109 Å². The van der Waals surface area contributed by atoms with E-state index in [9.17, 15) is 5.11 Å². The highest BCUT2D eigenvalue weighted by atomic mass is 32.2. The van der Waals surface area contributed by atoms with Crippen molar-refractivity contribution in [3.05, 3.63) is 44.3 Å². The summed E-state index contributed by atoms with van der Waals surface area (Å²) in [6, 6.07) is 2.14. The highest BCUT2D eigenvalue weighted by Gasteiger charge is 2.40. The van der Waals surface area contributed by atoms with Crippen molar-refractivity contribution in [1.29, 1.82) is 0 Å². The third-order valence-corrected chi connectivity index (χ3v) is 11.3. The number of fused-ring (bicyclic) bond motifs is 1. The number of thiophene rings is 1. The molecule has 5 unspecified atom stereocenters. The number of aliphatic hydroxyl groups excluding tert-OH is 1. The van der Waals surface area contributed by atoms with Crippen LogP contribution in [0.5, 0.6) is 5.75 Å². The second-order valence-electron chi connectivity index (χ2n) is 11.3. The van der Waals surface area contributed by atoms with Gasteiger partial charge in [0.15, 0.2) is 6.29 Å². The minimum atomic E-state index is -0.765. The molecule has 1 aromatic heterocycles. The molecule has 6 nitrogen and oxygen atoms in total. The van der Waals surface area contributed by atoms with Gasteiger partial charge in [-0.2, -0.15) is 0 Å². The van der Waals surface area contributed by atoms with Crippen LogP contribution in [0.25, 0.3) is 6.08 Å². The molecule has 5 rings (SSSR count). The molecule has 4 aliphatic rings. The van der Waals surface area contributed by atoms with Gasteiger partial charge in [-0.3, -0.25) is 0 Å². The molecule has 0 amide bonds. The number of thioether (sulfide) groups is 1. The van der Waals surface area contributed by atoms with Crippen LogP contribution >= 0.6 is 23.1 Å². The van der Waals surface area contributed by atoms with E-state index in [1.54, 1.807) is 23.1 Å². The molecular weight excluding hydrogens is 530 g/mol. The average molecular weight is 577 g/mol. The highest BCUT2D eigenvalue weighted by Crippen LogP contribution is 2.51. The zero-order valence-electron chi connectivity index (χ0n) is 23.6. The van der Waals surface area contributed by atoms with Gasteiger partial charge < -0.3 is 29.7 Å². The Balaban J connectivity index is 1.32.